The molecule has 19 heavy (non-hydrogen) atoms. The summed E-state index contributed by atoms with van der Waals surface area (Å²) < 4.78 is 27.0. The molecule has 0 saturated carbocycles. The first-order chi connectivity index (χ1) is 8.59. The molecule has 0 fully saturated rings. The van der Waals surface area contributed by atoms with Gasteiger partial charge in [0.05, 0.1) is 11.8 Å². The van der Waals surface area contributed by atoms with Gasteiger partial charge in [0.15, 0.2) is 5.82 Å². The van der Waals surface area contributed by atoms with E-state index < -0.39 is 20.1 Å². The minimum atomic E-state index is -3.32. The van der Waals surface area contributed by atoms with Crippen LogP contribution in [0.3, 0.4) is 0 Å². The van der Waals surface area contributed by atoms with Crippen LogP contribution in [0.4, 0.5) is 5.82 Å². The minimum Gasteiger partial charge on any atom is -0.266 e. The number of nitrogens with zero attached hydrogens (tertiary/aromatic N) is 2. The first-order valence-electron chi connectivity index (χ1n) is 5.71. The number of anilines is 1. The lowest BCUT2D eigenvalue weighted by Gasteiger charge is -2.26. The third kappa shape index (κ3) is 2.87. The minimum absolute atomic E-state index is 0.394. The average Bonchev–Trinajstić information content (AvgIpc) is 2.52. The first-order valence-corrected chi connectivity index (χ1v) is 10.5. The fourth-order valence-corrected chi connectivity index (χ4v) is 3.86. The van der Waals surface area contributed by atoms with Gasteiger partial charge in [-0.15, -0.1) is 0 Å². The Labute approximate surface area is 115 Å². The standard InChI is InChI=1S/C12H19N3O2S2/c1-15-11-9(12(13-15)14-19(5,16)17)7-6-8-10(11)18(2,3)4/h6-8H,1-5H3,(H,13,14). The third-order valence-corrected chi connectivity index (χ3v) is 4.98. The Morgan fingerprint density at radius 2 is 1.79 bits per heavy atom. The number of sulfonamides is 1. The number of aryl methyl sites for hydroxylation is 1. The van der Waals surface area contributed by atoms with Crippen molar-refractivity contribution in [1.82, 2.24) is 9.78 Å². The number of benzene rings is 1. The molecule has 106 valence electrons. The van der Waals surface area contributed by atoms with E-state index >= 15 is 0 Å². The van der Waals surface area contributed by atoms with Crippen molar-refractivity contribution in [3.8, 4) is 0 Å². The van der Waals surface area contributed by atoms with Gasteiger partial charge in [0.25, 0.3) is 0 Å². The van der Waals surface area contributed by atoms with Gasteiger partial charge in [-0.2, -0.15) is 5.10 Å². The smallest absolute Gasteiger partial charge is 0.231 e. The molecule has 0 atom stereocenters. The molecular weight excluding hydrogens is 282 g/mol. The molecule has 0 bridgehead atoms. The quantitative estimate of drug-likeness (QED) is 0.943. The van der Waals surface area contributed by atoms with Crippen LogP contribution in [0.2, 0.25) is 0 Å². The van der Waals surface area contributed by atoms with Crippen LogP contribution >= 0.6 is 10.0 Å². The van der Waals surface area contributed by atoms with Crippen LogP contribution in [0, 0.1) is 0 Å². The number of hydrogen-bond donors (Lipinski definition) is 1. The Hall–Kier alpha value is -1.21. The number of aromatic nitrogens is 2. The van der Waals surface area contributed by atoms with Crippen LogP contribution in [0.1, 0.15) is 0 Å². The van der Waals surface area contributed by atoms with Crippen molar-refractivity contribution < 1.29 is 8.42 Å². The lowest BCUT2D eigenvalue weighted by molar-refractivity contribution is 0.606. The average molecular weight is 301 g/mol. The van der Waals surface area contributed by atoms with Crippen LogP contribution in [0.15, 0.2) is 23.1 Å². The lowest BCUT2D eigenvalue weighted by Crippen LogP contribution is -2.10. The Balaban J connectivity index is 2.74. The van der Waals surface area contributed by atoms with E-state index in [0.717, 1.165) is 17.2 Å². The van der Waals surface area contributed by atoms with E-state index in [1.807, 2.05) is 19.2 Å². The van der Waals surface area contributed by atoms with E-state index in [2.05, 4.69) is 34.7 Å². The Morgan fingerprint density at radius 3 is 2.32 bits per heavy atom. The molecule has 0 amide bonds. The second kappa shape index (κ2) is 4.42. The van der Waals surface area contributed by atoms with Crippen molar-refractivity contribution in [3.05, 3.63) is 18.2 Å². The second-order valence-corrected chi connectivity index (χ2v) is 11.2. The molecule has 0 aliphatic heterocycles. The third-order valence-electron chi connectivity index (χ3n) is 2.77. The number of rotatable bonds is 3. The van der Waals surface area contributed by atoms with E-state index in [9.17, 15) is 8.42 Å². The van der Waals surface area contributed by atoms with Crippen molar-refractivity contribution in [2.75, 3.05) is 29.7 Å². The predicted molar refractivity (Wildman–Crippen MR) is 82.8 cm³/mol. The summed E-state index contributed by atoms with van der Waals surface area (Å²) in [6.07, 6.45) is 7.75. The van der Waals surface area contributed by atoms with Gasteiger partial charge in [-0.3, -0.25) is 9.40 Å². The first kappa shape index (κ1) is 14.2. The largest absolute Gasteiger partial charge is 0.266 e. The van der Waals surface area contributed by atoms with E-state index in [1.54, 1.807) is 4.68 Å². The van der Waals surface area contributed by atoms with Crippen molar-refractivity contribution in [2.24, 2.45) is 7.05 Å². The van der Waals surface area contributed by atoms with Gasteiger partial charge in [-0.1, -0.05) is 6.07 Å². The van der Waals surface area contributed by atoms with Crippen molar-refractivity contribution >= 4 is 36.8 Å². The summed E-state index contributed by atoms with van der Waals surface area (Å²) in [7, 11) is -2.41. The molecule has 2 aromatic rings. The van der Waals surface area contributed by atoms with Gasteiger partial charge in [0.2, 0.25) is 10.0 Å². The van der Waals surface area contributed by atoms with Gasteiger partial charge in [0, 0.05) is 17.3 Å². The summed E-state index contributed by atoms with van der Waals surface area (Å²) in [5.41, 5.74) is 0.996. The van der Waals surface area contributed by atoms with Crippen LogP contribution in [-0.2, 0) is 17.1 Å². The molecule has 1 heterocycles. The zero-order valence-electron chi connectivity index (χ0n) is 11.8. The molecule has 0 spiro atoms. The second-order valence-electron chi connectivity index (χ2n) is 5.34. The van der Waals surface area contributed by atoms with Crippen molar-refractivity contribution in [2.45, 2.75) is 4.90 Å². The maximum Gasteiger partial charge on any atom is 0.231 e. The van der Waals surface area contributed by atoms with Crippen LogP contribution < -0.4 is 4.72 Å². The van der Waals surface area contributed by atoms with Crippen molar-refractivity contribution in [1.29, 1.82) is 0 Å². The maximum atomic E-state index is 11.4. The summed E-state index contributed by atoms with van der Waals surface area (Å²) in [6, 6.07) is 5.93. The SMILES string of the molecule is Cn1nc(NS(C)(=O)=O)c2cccc(S(C)(C)C)c21. The van der Waals surface area contributed by atoms with E-state index in [4.69, 9.17) is 0 Å². The fourth-order valence-electron chi connectivity index (χ4n) is 2.05. The van der Waals surface area contributed by atoms with Crippen molar-refractivity contribution in [3.63, 3.8) is 0 Å². The predicted octanol–water partition coefficient (Wildman–Crippen LogP) is 2.00. The lowest BCUT2D eigenvalue weighted by atomic mass is 10.2. The summed E-state index contributed by atoms with van der Waals surface area (Å²) in [4.78, 5) is 1.22. The van der Waals surface area contributed by atoms with Gasteiger partial charge in [0.1, 0.15) is 0 Å². The molecule has 1 aromatic heterocycles. The molecule has 2 rings (SSSR count). The van der Waals surface area contributed by atoms with E-state index in [0.29, 0.717) is 5.82 Å². The highest BCUT2D eigenvalue weighted by molar-refractivity contribution is 8.32. The maximum absolute atomic E-state index is 11.4. The van der Waals surface area contributed by atoms with E-state index in [1.165, 1.54) is 4.90 Å². The molecule has 0 aliphatic rings. The molecular formula is C12H19N3O2S2. The van der Waals surface area contributed by atoms with Crippen LogP contribution in [0.25, 0.3) is 10.9 Å². The monoisotopic (exact) mass is 301 g/mol. The van der Waals surface area contributed by atoms with Gasteiger partial charge < -0.3 is 0 Å². The van der Waals surface area contributed by atoms with Gasteiger partial charge in [-0.25, -0.2) is 18.4 Å². The molecule has 0 unspecified atom stereocenters. The van der Waals surface area contributed by atoms with Crippen LogP contribution in [-0.4, -0.2) is 43.2 Å². The Kier molecular flexibility index (Phi) is 3.30. The molecule has 5 nitrogen and oxygen atoms in total. The number of hydrogen-bond acceptors (Lipinski definition) is 3. The summed E-state index contributed by atoms with van der Waals surface area (Å²) in [6.45, 7) is 0. The van der Waals surface area contributed by atoms with E-state index in [-0.39, 0.29) is 0 Å². The molecule has 0 radical (unpaired) electrons. The number of para-hydroxylation sites is 1. The highest BCUT2D eigenvalue weighted by Gasteiger charge is 2.19. The van der Waals surface area contributed by atoms with Gasteiger partial charge >= 0.3 is 0 Å². The molecule has 1 N–H and O–H groups in total. The normalized spacial score (nSPS) is 13.7. The highest BCUT2D eigenvalue weighted by Crippen LogP contribution is 2.49. The summed E-state index contributed by atoms with van der Waals surface area (Å²) in [5.74, 6) is 0.394. The molecule has 0 aliphatic carbocycles. The number of fused-ring (bicyclic) bond motifs is 1. The zero-order valence-corrected chi connectivity index (χ0v) is 13.4. The zero-order chi connectivity index (χ0) is 14.4. The number of nitrogens with one attached hydrogen (secondary N) is 1. The molecule has 0 saturated heterocycles. The highest BCUT2D eigenvalue weighted by atomic mass is 32.3. The summed E-state index contributed by atoms with van der Waals surface area (Å²) in [5, 5.41) is 5.13. The fraction of sp³-hybridized carbons (Fsp3) is 0.417. The topological polar surface area (TPSA) is 64.0 Å². The molecule has 7 heteroatoms. The van der Waals surface area contributed by atoms with Gasteiger partial charge in [-0.05, 0) is 30.9 Å². The van der Waals surface area contributed by atoms with Crippen LogP contribution in [0.5, 0.6) is 0 Å². The Bertz CT molecular complexity index is 727. The molecule has 1 aromatic carbocycles. The Morgan fingerprint density at radius 1 is 1.16 bits per heavy atom. The summed E-state index contributed by atoms with van der Waals surface area (Å²) >= 11 is 0.